The van der Waals surface area contributed by atoms with E-state index in [1.807, 2.05) is 31.5 Å². The summed E-state index contributed by atoms with van der Waals surface area (Å²) in [5, 5.41) is 0. The van der Waals surface area contributed by atoms with Crippen LogP contribution in [0.15, 0.2) is 85.2 Å². The fourth-order valence-corrected chi connectivity index (χ4v) is 3.16. The summed E-state index contributed by atoms with van der Waals surface area (Å²) < 4.78 is 0. The fourth-order valence-electron chi connectivity index (χ4n) is 3.16. The molecule has 0 fully saturated rings. The van der Waals surface area contributed by atoms with E-state index in [2.05, 4.69) is 91.4 Å². The minimum Gasteiger partial charge on any atom is -0.262 e. The number of aromatic nitrogens is 2. The third kappa shape index (κ3) is 4.92. The largest absolute Gasteiger partial charge is 0.262 e. The van der Waals surface area contributed by atoms with Crippen LogP contribution in [0.25, 0.3) is 22.4 Å². The molecule has 0 unspecified atom stereocenters. The molecule has 0 radical (unpaired) electrons. The molecule has 0 aliphatic heterocycles. The van der Waals surface area contributed by atoms with Gasteiger partial charge in [0.1, 0.15) is 0 Å². The molecule has 2 nitrogen and oxygen atoms in total. The third-order valence-electron chi connectivity index (χ3n) is 4.66. The standard InChI is InChI=1S/2C13H13N/c1-10-6-3-4-8-12(10)13-11(2)7-5-9-14-13;1-10-4-3-5-12(8-10)13-6-7-14-11(2)9-13/h2*3-9H,1-2H3. The van der Waals surface area contributed by atoms with Gasteiger partial charge in [0, 0.05) is 23.7 Å². The first-order chi connectivity index (χ1) is 13.5. The van der Waals surface area contributed by atoms with Crippen molar-refractivity contribution in [1.29, 1.82) is 0 Å². The molecule has 2 aromatic carbocycles. The summed E-state index contributed by atoms with van der Waals surface area (Å²) in [6.07, 6.45) is 3.70. The molecule has 140 valence electrons. The second kappa shape index (κ2) is 9.09. The van der Waals surface area contributed by atoms with Crippen LogP contribution in [0.4, 0.5) is 0 Å². The van der Waals surface area contributed by atoms with E-state index in [9.17, 15) is 0 Å². The Morgan fingerprint density at radius 1 is 0.571 bits per heavy atom. The van der Waals surface area contributed by atoms with Gasteiger partial charge in [0.25, 0.3) is 0 Å². The molecule has 0 aliphatic rings. The summed E-state index contributed by atoms with van der Waals surface area (Å²) in [5.41, 5.74) is 9.66. The van der Waals surface area contributed by atoms with Crippen molar-refractivity contribution in [2.45, 2.75) is 27.7 Å². The first-order valence-electron chi connectivity index (χ1n) is 9.52. The molecule has 0 amide bonds. The number of nitrogens with zero attached hydrogens (tertiary/aromatic N) is 2. The van der Waals surface area contributed by atoms with Gasteiger partial charge in [0.05, 0.1) is 5.69 Å². The molecule has 0 bridgehead atoms. The SMILES string of the molecule is Cc1cccc(-c2ccnc(C)c2)c1.Cc1ccccc1-c1ncccc1C. The number of aryl methyl sites for hydroxylation is 4. The van der Waals surface area contributed by atoms with Crippen LogP contribution in [0.2, 0.25) is 0 Å². The Balaban J connectivity index is 0.000000161. The van der Waals surface area contributed by atoms with Crippen LogP contribution >= 0.6 is 0 Å². The van der Waals surface area contributed by atoms with Crippen LogP contribution in [0.5, 0.6) is 0 Å². The molecule has 2 heterocycles. The van der Waals surface area contributed by atoms with Crippen molar-refractivity contribution >= 4 is 0 Å². The second-order valence-corrected chi connectivity index (χ2v) is 7.04. The van der Waals surface area contributed by atoms with Crippen LogP contribution in [0, 0.1) is 27.7 Å². The minimum absolute atomic E-state index is 1.06. The maximum atomic E-state index is 4.41. The molecule has 0 saturated heterocycles. The van der Waals surface area contributed by atoms with Crippen LogP contribution in [-0.2, 0) is 0 Å². The van der Waals surface area contributed by atoms with E-state index in [4.69, 9.17) is 0 Å². The lowest BCUT2D eigenvalue weighted by molar-refractivity contribution is 1.20. The van der Waals surface area contributed by atoms with Crippen molar-refractivity contribution in [3.05, 3.63) is 108 Å². The molecule has 0 saturated carbocycles. The lowest BCUT2D eigenvalue weighted by Crippen LogP contribution is -1.89. The fraction of sp³-hybridized carbons (Fsp3) is 0.154. The smallest absolute Gasteiger partial charge is 0.0733 e. The second-order valence-electron chi connectivity index (χ2n) is 7.04. The highest BCUT2D eigenvalue weighted by Crippen LogP contribution is 2.23. The Bertz CT molecular complexity index is 980. The van der Waals surface area contributed by atoms with E-state index in [-0.39, 0.29) is 0 Å². The van der Waals surface area contributed by atoms with Crippen molar-refractivity contribution in [3.8, 4) is 22.4 Å². The summed E-state index contributed by atoms with van der Waals surface area (Å²) in [6, 6.07) is 25.1. The lowest BCUT2D eigenvalue weighted by Gasteiger charge is -2.06. The van der Waals surface area contributed by atoms with Crippen molar-refractivity contribution < 1.29 is 0 Å². The maximum Gasteiger partial charge on any atom is 0.0733 e. The van der Waals surface area contributed by atoms with Gasteiger partial charge in [0.15, 0.2) is 0 Å². The van der Waals surface area contributed by atoms with E-state index in [0.717, 1.165) is 11.4 Å². The Kier molecular flexibility index (Phi) is 6.33. The molecule has 0 N–H and O–H groups in total. The molecule has 4 rings (SSSR count). The number of benzene rings is 2. The number of hydrogen-bond donors (Lipinski definition) is 0. The number of pyridine rings is 2. The first kappa shape index (κ1) is 19.5. The normalized spacial score (nSPS) is 10.1. The maximum absolute atomic E-state index is 4.41. The number of rotatable bonds is 2. The highest BCUT2D eigenvalue weighted by atomic mass is 14.7. The average molecular weight is 367 g/mol. The summed E-state index contributed by atoms with van der Waals surface area (Å²) in [6.45, 7) is 8.33. The summed E-state index contributed by atoms with van der Waals surface area (Å²) in [7, 11) is 0. The molecule has 0 aliphatic carbocycles. The molecule has 0 spiro atoms. The highest BCUT2D eigenvalue weighted by molar-refractivity contribution is 5.66. The Labute approximate surface area is 168 Å². The van der Waals surface area contributed by atoms with Crippen molar-refractivity contribution in [2.75, 3.05) is 0 Å². The van der Waals surface area contributed by atoms with Crippen LogP contribution < -0.4 is 0 Å². The van der Waals surface area contributed by atoms with Gasteiger partial charge in [-0.05, 0) is 68.1 Å². The van der Waals surface area contributed by atoms with Crippen LogP contribution in [0.3, 0.4) is 0 Å². The van der Waals surface area contributed by atoms with Gasteiger partial charge < -0.3 is 0 Å². The summed E-state index contributed by atoms with van der Waals surface area (Å²) in [4.78, 5) is 8.60. The Hall–Kier alpha value is -3.26. The van der Waals surface area contributed by atoms with Crippen LogP contribution in [-0.4, -0.2) is 9.97 Å². The van der Waals surface area contributed by atoms with Crippen molar-refractivity contribution in [3.63, 3.8) is 0 Å². The third-order valence-corrected chi connectivity index (χ3v) is 4.66. The van der Waals surface area contributed by atoms with E-state index in [1.165, 1.54) is 33.4 Å². The predicted octanol–water partition coefficient (Wildman–Crippen LogP) is 6.73. The molecular formula is C26H26N2. The topological polar surface area (TPSA) is 25.8 Å². The van der Waals surface area contributed by atoms with Gasteiger partial charge >= 0.3 is 0 Å². The van der Waals surface area contributed by atoms with Gasteiger partial charge in [-0.3, -0.25) is 9.97 Å². The minimum atomic E-state index is 1.06. The van der Waals surface area contributed by atoms with Gasteiger partial charge in [-0.1, -0.05) is 60.2 Å². The van der Waals surface area contributed by atoms with Crippen molar-refractivity contribution in [1.82, 2.24) is 9.97 Å². The number of hydrogen-bond acceptors (Lipinski definition) is 2. The van der Waals surface area contributed by atoms with Gasteiger partial charge in [-0.15, -0.1) is 0 Å². The molecule has 2 aromatic heterocycles. The Morgan fingerprint density at radius 2 is 1.32 bits per heavy atom. The first-order valence-corrected chi connectivity index (χ1v) is 9.52. The van der Waals surface area contributed by atoms with Crippen molar-refractivity contribution in [2.24, 2.45) is 0 Å². The zero-order valence-electron chi connectivity index (χ0n) is 17.0. The predicted molar refractivity (Wildman–Crippen MR) is 118 cm³/mol. The van der Waals surface area contributed by atoms with Gasteiger partial charge in [-0.2, -0.15) is 0 Å². The zero-order chi connectivity index (χ0) is 19.9. The summed E-state index contributed by atoms with van der Waals surface area (Å²) in [5.74, 6) is 0. The van der Waals surface area contributed by atoms with E-state index < -0.39 is 0 Å². The van der Waals surface area contributed by atoms with Gasteiger partial charge in [0.2, 0.25) is 0 Å². The molecule has 0 atom stereocenters. The Morgan fingerprint density at radius 3 is 2.04 bits per heavy atom. The molecule has 28 heavy (non-hydrogen) atoms. The highest BCUT2D eigenvalue weighted by Gasteiger charge is 2.04. The van der Waals surface area contributed by atoms with Crippen LogP contribution in [0.1, 0.15) is 22.4 Å². The quantitative estimate of drug-likeness (QED) is 0.393. The van der Waals surface area contributed by atoms with Gasteiger partial charge in [-0.25, -0.2) is 0 Å². The molecule has 4 aromatic rings. The average Bonchev–Trinajstić information content (AvgIpc) is 2.70. The monoisotopic (exact) mass is 366 g/mol. The van der Waals surface area contributed by atoms with E-state index in [1.54, 1.807) is 0 Å². The molecular weight excluding hydrogens is 340 g/mol. The van der Waals surface area contributed by atoms with E-state index >= 15 is 0 Å². The lowest BCUT2D eigenvalue weighted by atomic mass is 10.0. The molecule has 2 heteroatoms. The summed E-state index contributed by atoms with van der Waals surface area (Å²) >= 11 is 0. The van der Waals surface area contributed by atoms with E-state index in [0.29, 0.717) is 0 Å². The zero-order valence-corrected chi connectivity index (χ0v) is 17.0.